The summed E-state index contributed by atoms with van der Waals surface area (Å²) in [5, 5.41) is 12.1. The number of amides is 1. The number of rotatable bonds is 11. The summed E-state index contributed by atoms with van der Waals surface area (Å²) >= 11 is 6.01. The monoisotopic (exact) mass is 563 g/mol. The molecule has 1 saturated heterocycles. The minimum absolute atomic E-state index is 0.0495. The lowest BCUT2D eigenvalue weighted by Crippen LogP contribution is -2.61. The summed E-state index contributed by atoms with van der Waals surface area (Å²) in [5.41, 5.74) is 2.57. The van der Waals surface area contributed by atoms with Crippen LogP contribution in [0.3, 0.4) is 0 Å². The molecule has 4 rings (SSSR count). The Morgan fingerprint density at radius 1 is 0.925 bits per heavy atom. The van der Waals surface area contributed by atoms with Crippen molar-refractivity contribution in [3.8, 4) is 0 Å². The van der Waals surface area contributed by atoms with E-state index in [0.29, 0.717) is 28.0 Å². The van der Waals surface area contributed by atoms with Crippen molar-refractivity contribution in [2.24, 2.45) is 5.92 Å². The second-order valence-electron chi connectivity index (χ2n) is 10.5. The molecular weight excluding hydrogens is 522 g/mol. The Labute approximate surface area is 244 Å². The first-order chi connectivity index (χ1) is 19.2. The van der Waals surface area contributed by atoms with Crippen LogP contribution in [0.4, 0.5) is 11.4 Å². The van der Waals surface area contributed by atoms with E-state index in [-0.39, 0.29) is 11.7 Å². The number of likely N-dealkylation sites (tertiary alicyclic amines) is 1. The summed E-state index contributed by atoms with van der Waals surface area (Å²) in [6.45, 7) is 12.1. The first-order valence-corrected chi connectivity index (χ1v) is 14.5. The van der Waals surface area contributed by atoms with Gasteiger partial charge in [0, 0.05) is 35.3 Å². The van der Waals surface area contributed by atoms with Crippen LogP contribution in [0.25, 0.3) is 0 Å². The molecule has 214 valence electrons. The van der Waals surface area contributed by atoms with Crippen LogP contribution in [-0.2, 0) is 0 Å². The Morgan fingerprint density at radius 3 is 2.15 bits per heavy atom. The maximum absolute atomic E-state index is 12.9. The first-order valence-electron chi connectivity index (χ1n) is 14.2. The summed E-state index contributed by atoms with van der Waals surface area (Å²) in [6, 6.07) is 23.7. The topological polar surface area (TPSA) is 64.1 Å². The highest BCUT2D eigenvalue weighted by atomic mass is 35.5. The molecule has 1 fully saturated rings. The largest absolute Gasteiger partial charge is 0.335 e. The van der Waals surface area contributed by atoms with Crippen molar-refractivity contribution in [1.82, 2.24) is 9.80 Å². The lowest BCUT2D eigenvalue weighted by atomic mass is 10.0. The van der Waals surface area contributed by atoms with Crippen molar-refractivity contribution < 1.29 is 14.8 Å². The van der Waals surface area contributed by atoms with Gasteiger partial charge in [-0.25, -0.2) is 5.06 Å². The Kier molecular flexibility index (Phi) is 12.2. The van der Waals surface area contributed by atoms with Gasteiger partial charge in [0.15, 0.2) is 5.78 Å². The highest BCUT2D eigenvalue weighted by Gasteiger charge is 2.34. The molecule has 0 spiro atoms. The molecule has 1 aliphatic heterocycles. The molecule has 7 heteroatoms. The highest BCUT2D eigenvalue weighted by Crippen LogP contribution is 2.27. The van der Waals surface area contributed by atoms with Gasteiger partial charge in [-0.1, -0.05) is 75.2 Å². The predicted octanol–water partition coefficient (Wildman–Crippen LogP) is 7.73. The second-order valence-corrected chi connectivity index (χ2v) is 10.9. The van der Waals surface area contributed by atoms with Gasteiger partial charge in [0.2, 0.25) is 0 Å². The molecule has 1 amide bonds. The van der Waals surface area contributed by atoms with E-state index in [4.69, 9.17) is 11.6 Å². The SMILES string of the molecule is CC(=O)c1ccccc1.CCCN(CCC(C)CC)C1CN(C(=O)c2ccc(N(O)c3cccc(Cl)c3)cc2)C1. The zero-order valence-corrected chi connectivity index (χ0v) is 24.8. The fraction of sp³-hybridized carbons (Fsp3) is 0.394. The minimum Gasteiger partial charge on any atom is -0.335 e. The van der Waals surface area contributed by atoms with Gasteiger partial charge in [0.25, 0.3) is 5.91 Å². The third-order valence-electron chi connectivity index (χ3n) is 7.37. The molecule has 0 saturated carbocycles. The molecule has 1 unspecified atom stereocenters. The van der Waals surface area contributed by atoms with Crippen molar-refractivity contribution in [2.75, 3.05) is 31.2 Å². The van der Waals surface area contributed by atoms with Crippen LogP contribution >= 0.6 is 11.6 Å². The maximum Gasteiger partial charge on any atom is 0.253 e. The summed E-state index contributed by atoms with van der Waals surface area (Å²) in [7, 11) is 0. The molecule has 6 nitrogen and oxygen atoms in total. The van der Waals surface area contributed by atoms with Crippen molar-refractivity contribution in [2.45, 2.75) is 53.0 Å². The fourth-order valence-electron chi connectivity index (χ4n) is 4.56. The molecule has 3 aromatic carbocycles. The lowest BCUT2D eigenvalue weighted by molar-refractivity contribution is 0.0247. The Hall–Kier alpha value is -3.19. The smallest absolute Gasteiger partial charge is 0.253 e. The third-order valence-corrected chi connectivity index (χ3v) is 7.61. The van der Waals surface area contributed by atoms with Crippen LogP contribution in [0.5, 0.6) is 0 Å². The van der Waals surface area contributed by atoms with E-state index >= 15 is 0 Å². The number of hydrogen-bond acceptors (Lipinski definition) is 5. The van der Waals surface area contributed by atoms with Gasteiger partial charge in [0.05, 0.1) is 11.4 Å². The zero-order chi connectivity index (χ0) is 29.1. The molecule has 0 aromatic heterocycles. The van der Waals surface area contributed by atoms with E-state index in [2.05, 4.69) is 25.7 Å². The molecule has 1 N–H and O–H groups in total. The van der Waals surface area contributed by atoms with Crippen LogP contribution in [-0.4, -0.2) is 58.9 Å². The van der Waals surface area contributed by atoms with Gasteiger partial charge in [-0.2, -0.15) is 0 Å². The maximum atomic E-state index is 12.9. The molecule has 1 atom stereocenters. The standard InChI is InChI=1S/C25H34ClN3O2.C8H8O/c1-4-14-27(15-13-19(3)5-2)24-17-28(18-24)25(30)20-9-11-22(12-10-20)29(31)23-8-6-7-21(26)16-23;1-7(9)8-5-3-2-4-6-8/h6-12,16,19,24,31H,4-5,13-15,17-18H2,1-3H3;2-6H,1H3. The first kappa shape index (κ1) is 31.3. The van der Waals surface area contributed by atoms with E-state index in [9.17, 15) is 14.8 Å². The van der Waals surface area contributed by atoms with Crippen LogP contribution in [0.2, 0.25) is 5.02 Å². The second kappa shape index (κ2) is 15.6. The van der Waals surface area contributed by atoms with E-state index in [0.717, 1.165) is 49.1 Å². The van der Waals surface area contributed by atoms with Crippen LogP contribution in [0.1, 0.15) is 67.7 Å². The predicted molar refractivity (Wildman–Crippen MR) is 164 cm³/mol. The average molecular weight is 564 g/mol. The molecule has 0 aliphatic carbocycles. The Balaban J connectivity index is 0.000000415. The van der Waals surface area contributed by atoms with Gasteiger partial charge in [0.1, 0.15) is 0 Å². The Bertz CT molecular complexity index is 1210. The highest BCUT2D eigenvalue weighted by molar-refractivity contribution is 6.30. The van der Waals surface area contributed by atoms with E-state index < -0.39 is 0 Å². The van der Waals surface area contributed by atoms with Crippen molar-refractivity contribution >= 4 is 34.7 Å². The fourth-order valence-corrected chi connectivity index (χ4v) is 4.75. The quantitative estimate of drug-likeness (QED) is 0.191. The van der Waals surface area contributed by atoms with Gasteiger partial charge < -0.3 is 4.90 Å². The van der Waals surface area contributed by atoms with Gasteiger partial charge in [-0.15, -0.1) is 0 Å². The van der Waals surface area contributed by atoms with Crippen LogP contribution < -0.4 is 5.06 Å². The number of halogens is 1. The van der Waals surface area contributed by atoms with Gasteiger partial charge in [-0.05, 0) is 81.2 Å². The van der Waals surface area contributed by atoms with E-state index in [1.54, 1.807) is 55.5 Å². The summed E-state index contributed by atoms with van der Waals surface area (Å²) in [5.74, 6) is 0.915. The van der Waals surface area contributed by atoms with Crippen LogP contribution in [0, 0.1) is 5.92 Å². The number of ketones is 1. The third kappa shape index (κ3) is 8.91. The molecule has 3 aromatic rings. The number of hydrogen-bond donors (Lipinski definition) is 1. The zero-order valence-electron chi connectivity index (χ0n) is 24.1. The summed E-state index contributed by atoms with van der Waals surface area (Å²) in [6.07, 6.45) is 3.57. The number of anilines is 2. The summed E-state index contributed by atoms with van der Waals surface area (Å²) in [4.78, 5) is 28.0. The van der Waals surface area contributed by atoms with E-state index in [1.165, 1.54) is 12.8 Å². The van der Waals surface area contributed by atoms with Crippen LogP contribution in [0.15, 0.2) is 78.9 Å². The normalized spacial score (nSPS) is 13.7. The number of carbonyl (C=O) groups excluding carboxylic acids is 2. The number of Topliss-reactive ketones (excluding diaryl/α,β-unsaturated/α-hetero) is 1. The van der Waals surface area contributed by atoms with Gasteiger partial charge in [-0.3, -0.25) is 19.7 Å². The van der Waals surface area contributed by atoms with Crippen molar-refractivity contribution in [3.63, 3.8) is 0 Å². The van der Waals surface area contributed by atoms with Crippen molar-refractivity contribution in [1.29, 1.82) is 0 Å². The average Bonchev–Trinajstić information content (AvgIpc) is 2.95. The van der Waals surface area contributed by atoms with E-state index in [1.807, 2.05) is 35.2 Å². The van der Waals surface area contributed by atoms with Gasteiger partial charge >= 0.3 is 0 Å². The molecule has 0 bridgehead atoms. The molecule has 1 heterocycles. The molecular formula is C33H42ClN3O3. The summed E-state index contributed by atoms with van der Waals surface area (Å²) < 4.78 is 0. The Morgan fingerprint density at radius 2 is 1.60 bits per heavy atom. The minimum atomic E-state index is 0.0495. The number of benzene rings is 3. The molecule has 0 radical (unpaired) electrons. The molecule has 1 aliphatic rings. The molecule has 40 heavy (non-hydrogen) atoms. The van der Waals surface area contributed by atoms with Crippen molar-refractivity contribution in [3.05, 3.63) is 95.0 Å². The number of carbonyl (C=O) groups is 2. The number of nitrogens with zero attached hydrogens (tertiary/aromatic N) is 3. The lowest BCUT2D eigenvalue weighted by Gasteiger charge is -2.45.